The van der Waals surface area contributed by atoms with Crippen LogP contribution >= 0.6 is 0 Å². The number of hydrogen-bond acceptors (Lipinski definition) is 2. The fourth-order valence-corrected chi connectivity index (χ4v) is 1.31. The third kappa shape index (κ3) is 2.08. The molecular formula is C7H14N2O2. The van der Waals surface area contributed by atoms with E-state index in [9.17, 15) is 4.79 Å². The second kappa shape index (κ2) is 3.57. The summed E-state index contributed by atoms with van der Waals surface area (Å²) in [6.07, 6.45) is -0.0395. The van der Waals surface area contributed by atoms with Gasteiger partial charge in [-0.1, -0.05) is 6.92 Å². The first kappa shape index (κ1) is 8.33. The Kier molecular flexibility index (Phi) is 2.70. The number of carboxylic acid groups (broad SMARTS) is 1. The zero-order chi connectivity index (χ0) is 8.27. The van der Waals surface area contributed by atoms with Crippen LogP contribution in [0.5, 0.6) is 0 Å². The fourth-order valence-electron chi connectivity index (χ4n) is 1.31. The number of hydrogen-bond donors (Lipinski definition) is 3. The monoisotopic (exact) mass is 158 g/mol. The van der Waals surface area contributed by atoms with Gasteiger partial charge >= 0.3 is 6.09 Å². The van der Waals surface area contributed by atoms with Gasteiger partial charge in [0.25, 0.3) is 0 Å². The molecule has 0 bridgehead atoms. The van der Waals surface area contributed by atoms with Gasteiger partial charge in [-0.2, -0.15) is 0 Å². The summed E-state index contributed by atoms with van der Waals surface area (Å²) >= 11 is 0. The Labute approximate surface area is 66.0 Å². The lowest BCUT2D eigenvalue weighted by atomic mass is 9.92. The third-order valence-corrected chi connectivity index (χ3v) is 2.13. The minimum absolute atomic E-state index is 0.133. The van der Waals surface area contributed by atoms with Crippen molar-refractivity contribution in [2.45, 2.75) is 19.4 Å². The normalized spacial score (nSPS) is 20.5. The van der Waals surface area contributed by atoms with Crippen LogP contribution in [0.2, 0.25) is 0 Å². The Bertz CT molecular complexity index is 145. The molecule has 1 aliphatic heterocycles. The van der Waals surface area contributed by atoms with Crippen LogP contribution in [-0.4, -0.2) is 30.3 Å². The molecule has 11 heavy (non-hydrogen) atoms. The van der Waals surface area contributed by atoms with E-state index in [0.717, 1.165) is 19.5 Å². The first-order chi connectivity index (χ1) is 5.24. The molecule has 1 fully saturated rings. The second-order valence-corrected chi connectivity index (χ2v) is 2.88. The van der Waals surface area contributed by atoms with Gasteiger partial charge in [-0.25, -0.2) is 4.79 Å². The van der Waals surface area contributed by atoms with Gasteiger partial charge in [-0.3, -0.25) is 0 Å². The van der Waals surface area contributed by atoms with Gasteiger partial charge in [0.15, 0.2) is 0 Å². The average Bonchev–Trinajstić information content (AvgIpc) is 1.81. The second-order valence-electron chi connectivity index (χ2n) is 2.88. The van der Waals surface area contributed by atoms with Crippen LogP contribution in [0.25, 0.3) is 0 Å². The molecule has 1 saturated heterocycles. The van der Waals surface area contributed by atoms with E-state index >= 15 is 0 Å². The molecule has 1 amide bonds. The fraction of sp³-hybridized carbons (Fsp3) is 0.857. The maximum Gasteiger partial charge on any atom is 0.404 e. The molecule has 4 nitrogen and oxygen atoms in total. The van der Waals surface area contributed by atoms with Crippen molar-refractivity contribution in [2.24, 2.45) is 5.92 Å². The van der Waals surface area contributed by atoms with Crippen molar-refractivity contribution in [3.05, 3.63) is 0 Å². The quantitative estimate of drug-likeness (QED) is 0.552. The molecule has 64 valence electrons. The highest BCUT2D eigenvalue weighted by atomic mass is 16.4. The van der Waals surface area contributed by atoms with Crippen LogP contribution in [0, 0.1) is 5.92 Å². The minimum atomic E-state index is -0.913. The van der Waals surface area contributed by atoms with Crippen LogP contribution in [0.4, 0.5) is 4.79 Å². The standard InChI is InChI=1S/C7H14N2O2/c1-2-6(9-7(10)11)5-3-8-4-5/h5-6,8-9H,2-4H2,1H3,(H,10,11)/t6-/m0/s1. The predicted molar refractivity (Wildman–Crippen MR) is 41.6 cm³/mol. The molecule has 3 N–H and O–H groups in total. The maximum atomic E-state index is 10.3. The molecule has 0 saturated carbocycles. The van der Waals surface area contributed by atoms with Crippen molar-refractivity contribution in [1.29, 1.82) is 0 Å². The lowest BCUT2D eigenvalue weighted by Crippen LogP contribution is -2.54. The van der Waals surface area contributed by atoms with E-state index in [2.05, 4.69) is 10.6 Å². The van der Waals surface area contributed by atoms with Crippen LogP contribution in [0.15, 0.2) is 0 Å². The lowest BCUT2D eigenvalue weighted by molar-refractivity contribution is 0.175. The third-order valence-electron chi connectivity index (χ3n) is 2.13. The molecule has 1 aliphatic rings. The smallest absolute Gasteiger partial charge is 0.404 e. The van der Waals surface area contributed by atoms with Crippen molar-refractivity contribution >= 4 is 6.09 Å². The summed E-state index contributed by atoms with van der Waals surface area (Å²) in [6.45, 7) is 3.89. The number of rotatable bonds is 3. The van der Waals surface area contributed by atoms with E-state index in [1.807, 2.05) is 6.92 Å². The predicted octanol–water partition coefficient (Wildman–Crippen LogP) is 0.252. The highest BCUT2D eigenvalue weighted by Crippen LogP contribution is 2.11. The Hall–Kier alpha value is -0.770. The van der Waals surface area contributed by atoms with Crippen LogP contribution < -0.4 is 10.6 Å². The van der Waals surface area contributed by atoms with Crippen molar-refractivity contribution in [2.75, 3.05) is 13.1 Å². The summed E-state index contributed by atoms with van der Waals surface area (Å²) in [5.74, 6) is 0.496. The molecule has 0 radical (unpaired) electrons. The SMILES string of the molecule is CC[C@H](NC(=O)O)C1CNC1. The van der Waals surface area contributed by atoms with E-state index in [0.29, 0.717) is 5.92 Å². The van der Waals surface area contributed by atoms with Crippen LogP contribution in [0.1, 0.15) is 13.3 Å². The molecule has 0 aromatic heterocycles. The first-order valence-electron chi connectivity index (χ1n) is 3.94. The lowest BCUT2D eigenvalue weighted by Gasteiger charge is -2.33. The van der Waals surface area contributed by atoms with Gasteiger partial charge in [0.05, 0.1) is 0 Å². The van der Waals surface area contributed by atoms with Crippen LogP contribution in [0.3, 0.4) is 0 Å². The van der Waals surface area contributed by atoms with Gasteiger partial charge in [0.1, 0.15) is 0 Å². The summed E-state index contributed by atoms with van der Waals surface area (Å²) in [5, 5.41) is 14.1. The molecule has 0 aromatic rings. The minimum Gasteiger partial charge on any atom is -0.465 e. The van der Waals surface area contributed by atoms with Gasteiger partial charge in [0.2, 0.25) is 0 Å². The molecule has 1 rings (SSSR count). The molecule has 0 unspecified atom stereocenters. The Morgan fingerprint density at radius 2 is 2.45 bits per heavy atom. The molecule has 1 atom stereocenters. The van der Waals surface area contributed by atoms with E-state index in [-0.39, 0.29) is 6.04 Å². The average molecular weight is 158 g/mol. The van der Waals surface area contributed by atoms with E-state index in [1.165, 1.54) is 0 Å². The van der Waals surface area contributed by atoms with E-state index in [1.54, 1.807) is 0 Å². The van der Waals surface area contributed by atoms with Gasteiger partial charge in [0, 0.05) is 25.0 Å². The number of nitrogens with one attached hydrogen (secondary N) is 2. The molecule has 4 heteroatoms. The zero-order valence-electron chi connectivity index (χ0n) is 6.63. The molecule has 0 spiro atoms. The van der Waals surface area contributed by atoms with Gasteiger partial charge in [-0.15, -0.1) is 0 Å². The zero-order valence-corrected chi connectivity index (χ0v) is 6.63. The summed E-state index contributed by atoms with van der Waals surface area (Å²) in [5.41, 5.74) is 0. The van der Waals surface area contributed by atoms with Crippen molar-refractivity contribution < 1.29 is 9.90 Å². The molecular weight excluding hydrogens is 144 g/mol. The molecule has 1 heterocycles. The number of amides is 1. The largest absolute Gasteiger partial charge is 0.465 e. The van der Waals surface area contributed by atoms with Crippen LogP contribution in [-0.2, 0) is 0 Å². The Balaban J connectivity index is 2.29. The van der Waals surface area contributed by atoms with E-state index < -0.39 is 6.09 Å². The van der Waals surface area contributed by atoms with Gasteiger partial charge in [-0.05, 0) is 6.42 Å². The molecule has 0 aromatic carbocycles. The van der Waals surface area contributed by atoms with Crippen molar-refractivity contribution in [1.82, 2.24) is 10.6 Å². The summed E-state index contributed by atoms with van der Waals surface area (Å²) in [4.78, 5) is 10.3. The van der Waals surface area contributed by atoms with E-state index in [4.69, 9.17) is 5.11 Å². The van der Waals surface area contributed by atoms with Gasteiger partial charge < -0.3 is 15.7 Å². The highest BCUT2D eigenvalue weighted by Gasteiger charge is 2.26. The molecule has 0 aliphatic carbocycles. The summed E-state index contributed by atoms with van der Waals surface area (Å²) in [7, 11) is 0. The van der Waals surface area contributed by atoms with Crippen molar-refractivity contribution in [3.63, 3.8) is 0 Å². The topological polar surface area (TPSA) is 61.4 Å². The Morgan fingerprint density at radius 3 is 2.73 bits per heavy atom. The maximum absolute atomic E-state index is 10.3. The highest BCUT2D eigenvalue weighted by molar-refractivity contribution is 5.64. The summed E-state index contributed by atoms with van der Waals surface area (Å²) in [6, 6.07) is 0.133. The summed E-state index contributed by atoms with van der Waals surface area (Å²) < 4.78 is 0. The number of carbonyl (C=O) groups is 1. The Morgan fingerprint density at radius 1 is 1.82 bits per heavy atom. The van der Waals surface area contributed by atoms with Crippen molar-refractivity contribution in [3.8, 4) is 0 Å². The first-order valence-corrected chi connectivity index (χ1v) is 3.94.